The molecule has 0 bridgehead atoms. The molecular formula is C15H22N2OS2. The van der Waals surface area contributed by atoms with E-state index in [0.29, 0.717) is 13.1 Å². The van der Waals surface area contributed by atoms with Crippen molar-refractivity contribution >= 4 is 29.4 Å². The fraction of sp³-hybridized carbons (Fsp3) is 0.533. The highest BCUT2D eigenvalue weighted by atomic mass is 32.2. The first-order chi connectivity index (χ1) is 9.81. The van der Waals surface area contributed by atoms with E-state index in [1.807, 2.05) is 34.9 Å². The SMILES string of the molecule is NCCN(CCc1ccccc1)C(=O)C1CSCCS1. The van der Waals surface area contributed by atoms with Crippen molar-refractivity contribution in [2.24, 2.45) is 5.73 Å². The first-order valence-electron chi connectivity index (χ1n) is 7.03. The molecule has 2 N–H and O–H groups in total. The molecule has 1 aliphatic rings. The van der Waals surface area contributed by atoms with E-state index in [2.05, 4.69) is 12.1 Å². The summed E-state index contributed by atoms with van der Waals surface area (Å²) in [5.41, 5.74) is 6.93. The van der Waals surface area contributed by atoms with Gasteiger partial charge in [0.1, 0.15) is 0 Å². The molecule has 0 spiro atoms. The molecule has 1 aliphatic heterocycles. The molecule has 0 saturated carbocycles. The summed E-state index contributed by atoms with van der Waals surface area (Å²) in [5.74, 6) is 3.45. The molecule has 0 radical (unpaired) electrons. The van der Waals surface area contributed by atoms with Crippen molar-refractivity contribution in [2.45, 2.75) is 11.7 Å². The number of amides is 1. The van der Waals surface area contributed by atoms with E-state index in [-0.39, 0.29) is 11.2 Å². The number of hydrogen-bond acceptors (Lipinski definition) is 4. The minimum atomic E-state index is 0.121. The second kappa shape index (κ2) is 8.60. The molecule has 3 nitrogen and oxygen atoms in total. The predicted octanol–water partition coefficient (Wildman–Crippen LogP) is 1.86. The fourth-order valence-electron chi connectivity index (χ4n) is 2.23. The monoisotopic (exact) mass is 310 g/mol. The fourth-order valence-corrected chi connectivity index (χ4v) is 4.86. The van der Waals surface area contributed by atoms with E-state index in [4.69, 9.17) is 5.73 Å². The maximum Gasteiger partial charge on any atom is 0.236 e. The highest BCUT2D eigenvalue weighted by Crippen LogP contribution is 2.25. The minimum absolute atomic E-state index is 0.121. The van der Waals surface area contributed by atoms with Crippen LogP contribution in [-0.2, 0) is 11.2 Å². The number of thioether (sulfide) groups is 2. The van der Waals surface area contributed by atoms with Gasteiger partial charge in [-0.05, 0) is 12.0 Å². The lowest BCUT2D eigenvalue weighted by atomic mass is 10.1. The van der Waals surface area contributed by atoms with Gasteiger partial charge in [-0.25, -0.2) is 0 Å². The topological polar surface area (TPSA) is 46.3 Å². The van der Waals surface area contributed by atoms with Crippen LogP contribution in [0, 0.1) is 0 Å². The van der Waals surface area contributed by atoms with Gasteiger partial charge in [0.15, 0.2) is 0 Å². The van der Waals surface area contributed by atoms with Crippen LogP contribution in [0.25, 0.3) is 0 Å². The molecule has 5 heteroatoms. The van der Waals surface area contributed by atoms with Crippen molar-refractivity contribution in [3.63, 3.8) is 0 Å². The minimum Gasteiger partial charge on any atom is -0.340 e. The van der Waals surface area contributed by atoms with Crippen LogP contribution < -0.4 is 5.73 Å². The summed E-state index contributed by atoms with van der Waals surface area (Å²) in [4.78, 5) is 14.5. The largest absolute Gasteiger partial charge is 0.340 e. The molecule has 1 unspecified atom stereocenters. The van der Waals surface area contributed by atoms with Crippen molar-refractivity contribution in [3.05, 3.63) is 35.9 Å². The average Bonchev–Trinajstić information content (AvgIpc) is 2.52. The second-order valence-corrected chi connectivity index (χ2v) is 7.24. The highest BCUT2D eigenvalue weighted by Gasteiger charge is 2.26. The van der Waals surface area contributed by atoms with Crippen molar-refractivity contribution in [1.82, 2.24) is 4.90 Å². The first-order valence-corrected chi connectivity index (χ1v) is 9.23. The lowest BCUT2D eigenvalue weighted by Gasteiger charge is -2.28. The molecule has 0 aliphatic carbocycles. The highest BCUT2D eigenvalue weighted by molar-refractivity contribution is 8.07. The van der Waals surface area contributed by atoms with Crippen molar-refractivity contribution in [2.75, 3.05) is 36.9 Å². The smallest absolute Gasteiger partial charge is 0.236 e. The van der Waals surface area contributed by atoms with Gasteiger partial charge in [-0.2, -0.15) is 11.8 Å². The van der Waals surface area contributed by atoms with Gasteiger partial charge < -0.3 is 10.6 Å². The van der Waals surface area contributed by atoms with Gasteiger partial charge in [-0.1, -0.05) is 30.3 Å². The predicted molar refractivity (Wildman–Crippen MR) is 89.4 cm³/mol. The molecule has 20 heavy (non-hydrogen) atoms. The van der Waals surface area contributed by atoms with E-state index in [1.165, 1.54) is 5.56 Å². The van der Waals surface area contributed by atoms with Crippen molar-refractivity contribution in [3.8, 4) is 0 Å². The molecule has 1 aromatic rings. The molecular weight excluding hydrogens is 288 g/mol. The summed E-state index contributed by atoms with van der Waals surface area (Å²) < 4.78 is 0. The van der Waals surface area contributed by atoms with E-state index >= 15 is 0 Å². The normalized spacial score (nSPS) is 18.8. The van der Waals surface area contributed by atoms with Crippen LogP contribution in [0.3, 0.4) is 0 Å². The molecule has 1 amide bonds. The second-order valence-electron chi connectivity index (χ2n) is 4.78. The Morgan fingerprint density at radius 2 is 2.05 bits per heavy atom. The summed E-state index contributed by atoms with van der Waals surface area (Å²) in [7, 11) is 0. The van der Waals surface area contributed by atoms with E-state index in [0.717, 1.165) is 30.2 Å². The summed E-state index contributed by atoms with van der Waals surface area (Å²) in [6.45, 7) is 1.96. The Morgan fingerprint density at radius 3 is 2.70 bits per heavy atom. The zero-order chi connectivity index (χ0) is 14.2. The maximum absolute atomic E-state index is 12.5. The zero-order valence-corrected chi connectivity index (χ0v) is 13.3. The van der Waals surface area contributed by atoms with Crippen LogP contribution in [0.5, 0.6) is 0 Å². The van der Waals surface area contributed by atoms with Gasteiger partial charge in [-0.3, -0.25) is 4.79 Å². The van der Waals surface area contributed by atoms with Gasteiger partial charge >= 0.3 is 0 Å². The molecule has 1 aromatic carbocycles. The molecule has 110 valence electrons. The van der Waals surface area contributed by atoms with Gasteiger partial charge in [-0.15, -0.1) is 11.8 Å². The quantitative estimate of drug-likeness (QED) is 0.871. The van der Waals surface area contributed by atoms with E-state index in [1.54, 1.807) is 11.8 Å². The molecule has 1 fully saturated rings. The molecule has 2 rings (SSSR count). The van der Waals surface area contributed by atoms with Gasteiger partial charge in [0, 0.05) is 36.9 Å². The number of benzene rings is 1. The Bertz CT molecular complexity index is 408. The van der Waals surface area contributed by atoms with Crippen LogP contribution >= 0.6 is 23.5 Å². The first kappa shape index (κ1) is 15.7. The Morgan fingerprint density at radius 1 is 1.25 bits per heavy atom. The Balaban J connectivity index is 1.90. The summed E-state index contributed by atoms with van der Waals surface area (Å²) in [6, 6.07) is 10.3. The van der Waals surface area contributed by atoms with Gasteiger partial charge in [0.05, 0.1) is 5.25 Å². The number of carbonyl (C=O) groups excluding carboxylic acids is 1. The lowest BCUT2D eigenvalue weighted by molar-refractivity contribution is -0.130. The third kappa shape index (κ3) is 4.72. The van der Waals surface area contributed by atoms with E-state index < -0.39 is 0 Å². The number of rotatable bonds is 6. The van der Waals surface area contributed by atoms with E-state index in [9.17, 15) is 4.79 Å². The molecule has 1 heterocycles. The van der Waals surface area contributed by atoms with Crippen molar-refractivity contribution in [1.29, 1.82) is 0 Å². The number of carbonyl (C=O) groups is 1. The Labute approximate surface area is 129 Å². The summed E-state index contributed by atoms with van der Waals surface area (Å²) in [5, 5.41) is 0.121. The average molecular weight is 310 g/mol. The summed E-state index contributed by atoms with van der Waals surface area (Å²) in [6.07, 6.45) is 0.900. The number of hydrogen-bond donors (Lipinski definition) is 1. The van der Waals surface area contributed by atoms with Crippen LogP contribution in [0.4, 0.5) is 0 Å². The summed E-state index contributed by atoms with van der Waals surface area (Å²) >= 11 is 3.68. The molecule has 0 aromatic heterocycles. The van der Waals surface area contributed by atoms with Crippen LogP contribution in [0.1, 0.15) is 5.56 Å². The van der Waals surface area contributed by atoms with Crippen LogP contribution in [0.15, 0.2) is 30.3 Å². The lowest BCUT2D eigenvalue weighted by Crippen LogP contribution is -2.43. The van der Waals surface area contributed by atoms with Gasteiger partial charge in [0.25, 0.3) is 0 Å². The Kier molecular flexibility index (Phi) is 6.76. The third-order valence-electron chi connectivity index (χ3n) is 3.32. The number of nitrogens with zero attached hydrogens (tertiary/aromatic N) is 1. The molecule has 1 atom stereocenters. The Hall–Kier alpha value is -0.650. The van der Waals surface area contributed by atoms with Crippen LogP contribution in [-0.4, -0.2) is 52.9 Å². The standard InChI is InChI=1S/C15H22N2OS2/c16-7-9-17(8-6-13-4-2-1-3-5-13)15(18)14-12-19-10-11-20-14/h1-5,14H,6-12,16H2. The maximum atomic E-state index is 12.5. The zero-order valence-electron chi connectivity index (χ0n) is 11.7. The molecule has 1 saturated heterocycles. The van der Waals surface area contributed by atoms with Gasteiger partial charge in [0.2, 0.25) is 5.91 Å². The third-order valence-corrected chi connectivity index (χ3v) is 6.06. The number of nitrogens with two attached hydrogens (primary N) is 1. The van der Waals surface area contributed by atoms with Crippen molar-refractivity contribution < 1.29 is 4.79 Å². The van der Waals surface area contributed by atoms with Crippen LogP contribution in [0.2, 0.25) is 0 Å².